The van der Waals surface area contributed by atoms with Crippen LogP contribution < -0.4 is 14.8 Å². The second-order valence-electron chi connectivity index (χ2n) is 5.16. The second kappa shape index (κ2) is 6.50. The van der Waals surface area contributed by atoms with Crippen molar-refractivity contribution in [2.75, 3.05) is 7.11 Å². The van der Waals surface area contributed by atoms with Gasteiger partial charge in [-0.1, -0.05) is 34.1 Å². The number of rotatable bonds is 6. The Labute approximate surface area is 133 Å². The molecule has 3 nitrogen and oxygen atoms in total. The molecule has 110 valence electrons. The van der Waals surface area contributed by atoms with Gasteiger partial charge in [0, 0.05) is 17.1 Å². The number of benzene rings is 2. The largest absolute Gasteiger partial charge is 0.493 e. The molecule has 2 aromatic rings. The fourth-order valence-electron chi connectivity index (χ4n) is 2.11. The van der Waals surface area contributed by atoms with Crippen molar-refractivity contribution in [3.05, 3.63) is 52.5 Å². The first-order chi connectivity index (χ1) is 10.3. The quantitative estimate of drug-likeness (QED) is 0.834. The highest BCUT2D eigenvalue weighted by Crippen LogP contribution is 2.33. The lowest BCUT2D eigenvalue weighted by molar-refractivity contribution is 0.379. The van der Waals surface area contributed by atoms with Crippen LogP contribution >= 0.6 is 15.9 Å². The first-order valence-corrected chi connectivity index (χ1v) is 7.88. The molecule has 2 aromatic carbocycles. The third kappa shape index (κ3) is 3.77. The van der Waals surface area contributed by atoms with Crippen LogP contribution in [0.5, 0.6) is 17.2 Å². The molecule has 1 saturated carbocycles. The maximum absolute atomic E-state index is 5.90. The van der Waals surface area contributed by atoms with Crippen molar-refractivity contribution < 1.29 is 9.47 Å². The maximum atomic E-state index is 5.90. The molecule has 0 aliphatic heterocycles. The number of halogens is 1. The Morgan fingerprint density at radius 1 is 1.14 bits per heavy atom. The van der Waals surface area contributed by atoms with Crippen molar-refractivity contribution >= 4 is 15.9 Å². The van der Waals surface area contributed by atoms with Gasteiger partial charge in [-0.05, 0) is 42.7 Å². The van der Waals surface area contributed by atoms with Crippen LogP contribution in [0.15, 0.2) is 46.9 Å². The summed E-state index contributed by atoms with van der Waals surface area (Å²) in [4.78, 5) is 0. The Morgan fingerprint density at radius 3 is 2.57 bits per heavy atom. The minimum Gasteiger partial charge on any atom is -0.493 e. The van der Waals surface area contributed by atoms with Gasteiger partial charge in [-0.15, -0.1) is 0 Å². The zero-order valence-corrected chi connectivity index (χ0v) is 13.5. The van der Waals surface area contributed by atoms with E-state index in [0.717, 1.165) is 28.3 Å². The van der Waals surface area contributed by atoms with E-state index in [-0.39, 0.29) is 0 Å². The van der Waals surface area contributed by atoms with Crippen LogP contribution in [0.4, 0.5) is 0 Å². The molecule has 21 heavy (non-hydrogen) atoms. The average molecular weight is 348 g/mol. The highest BCUT2D eigenvalue weighted by Gasteiger charge is 2.20. The molecule has 0 radical (unpaired) electrons. The Morgan fingerprint density at radius 2 is 1.90 bits per heavy atom. The molecule has 0 aromatic heterocycles. The molecular formula is C17H18BrNO2. The minimum absolute atomic E-state index is 0.710. The summed E-state index contributed by atoms with van der Waals surface area (Å²) >= 11 is 3.62. The molecule has 0 unspecified atom stereocenters. The molecule has 1 fully saturated rings. The smallest absolute Gasteiger partial charge is 0.169 e. The number of methoxy groups -OCH3 is 1. The Hall–Kier alpha value is -1.52. The lowest BCUT2D eigenvalue weighted by Gasteiger charge is -2.12. The lowest BCUT2D eigenvalue weighted by atomic mass is 10.2. The van der Waals surface area contributed by atoms with Crippen molar-refractivity contribution in [3.8, 4) is 17.2 Å². The minimum atomic E-state index is 0.710. The molecule has 0 heterocycles. The molecular weight excluding hydrogens is 330 g/mol. The highest BCUT2D eigenvalue weighted by molar-refractivity contribution is 9.10. The van der Waals surface area contributed by atoms with E-state index < -0.39 is 0 Å². The van der Waals surface area contributed by atoms with Crippen molar-refractivity contribution in [2.24, 2.45) is 0 Å². The van der Waals surface area contributed by atoms with Crippen LogP contribution in [-0.4, -0.2) is 13.2 Å². The molecule has 4 heteroatoms. The fourth-order valence-corrected chi connectivity index (χ4v) is 2.60. The number of hydrogen-bond acceptors (Lipinski definition) is 3. The van der Waals surface area contributed by atoms with Gasteiger partial charge >= 0.3 is 0 Å². The van der Waals surface area contributed by atoms with E-state index in [4.69, 9.17) is 9.47 Å². The molecule has 1 aliphatic carbocycles. The summed E-state index contributed by atoms with van der Waals surface area (Å²) in [6.45, 7) is 0.889. The molecule has 1 aliphatic rings. The fraction of sp³-hybridized carbons (Fsp3) is 0.294. The van der Waals surface area contributed by atoms with Gasteiger partial charge in [0.15, 0.2) is 11.5 Å². The van der Waals surface area contributed by atoms with Gasteiger partial charge in [0.05, 0.1) is 7.11 Å². The summed E-state index contributed by atoms with van der Waals surface area (Å²) in [5.41, 5.74) is 1.24. The van der Waals surface area contributed by atoms with Gasteiger partial charge < -0.3 is 14.8 Å². The predicted octanol–water partition coefficient (Wildman–Crippen LogP) is 4.50. The van der Waals surface area contributed by atoms with E-state index in [1.54, 1.807) is 7.11 Å². The summed E-state index contributed by atoms with van der Waals surface area (Å²) in [6, 6.07) is 14.4. The van der Waals surface area contributed by atoms with Crippen molar-refractivity contribution in [1.82, 2.24) is 5.32 Å². The van der Waals surface area contributed by atoms with Crippen LogP contribution in [0.25, 0.3) is 0 Å². The second-order valence-corrected chi connectivity index (χ2v) is 6.02. The number of para-hydroxylation sites is 2. The van der Waals surface area contributed by atoms with E-state index in [9.17, 15) is 0 Å². The van der Waals surface area contributed by atoms with Crippen LogP contribution in [0, 0.1) is 0 Å². The third-order valence-electron chi connectivity index (χ3n) is 3.48. The average Bonchev–Trinajstić information content (AvgIpc) is 3.31. The zero-order chi connectivity index (χ0) is 14.7. The number of nitrogens with one attached hydrogen (secondary N) is 1. The van der Waals surface area contributed by atoms with Crippen LogP contribution in [-0.2, 0) is 6.54 Å². The molecule has 0 amide bonds. The van der Waals surface area contributed by atoms with Crippen molar-refractivity contribution in [3.63, 3.8) is 0 Å². The molecule has 0 saturated heterocycles. The zero-order valence-electron chi connectivity index (χ0n) is 11.9. The van der Waals surface area contributed by atoms with Crippen LogP contribution in [0.2, 0.25) is 0 Å². The first-order valence-electron chi connectivity index (χ1n) is 7.09. The van der Waals surface area contributed by atoms with E-state index in [1.165, 1.54) is 18.4 Å². The van der Waals surface area contributed by atoms with Gasteiger partial charge in [-0.2, -0.15) is 0 Å². The van der Waals surface area contributed by atoms with Crippen LogP contribution in [0.3, 0.4) is 0 Å². The molecule has 0 atom stereocenters. The monoisotopic (exact) mass is 347 g/mol. The third-order valence-corrected chi connectivity index (χ3v) is 4.22. The number of ether oxygens (including phenoxy) is 2. The summed E-state index contributed by atoms with van der Waals surface area (Å²) in [7, 11) is 1.64. The Balaban J connectivity index is 1.71. The SMILES string of the molecule is COc1ccccc1Oc1ccc(CNC2CC2)c(Br)c1. The molecule has 1 N–H and O–H groups in total. The van der Waals surface area contributed by atoms with Gasteiger partial charge in [0.1, 0.15) is 5.75 Å². The normalized spacial score (nSPS) is 14.0. The van der Waals surface area contributed by atoms with E-state index in [0.29, 0.717) is 6.04 Å². The maximum Gasteiger partial charge on any atom is 0.169 e. The summed E-state index contributed by atoms with van der Waals surface area (Å²) in [5, 5.41) is 3.51. The standard InChI is InChI=1S/C17H18BrNO2/c1-20-16-4-2-3-5-17(16)21-14-9-6-12(15(18)10-14)11-19-13-7-8-13/h2-6,9-10,13,19H,7-8,11H2,1H3. The topological polar surface area (TPSA) is 30.5 Å². The lowest BCUT2D eigenvalue weighted by Crippen LogP contribution is -2.15. The van der Waals surface area contributed by atoms with E-state index in [2.05, 4.69) is 27.3 Å². The highest BCUT2D eigenvalue weighted by atomic mass is 79.9. The summed E-state index contributed by atoms with van der Waals surface area (Å²) in [5.74, 6) is 2.24. The Bertz CT molecular complexity index is 626. The van der Waals surface area contributed by atoms with E-state index >= 15 is 0 Å². The molecule has 0 spiro atoms. The number of hydrogen-bond donors (Lipinski definition) is 1. The Kier molecular flexibility index (Phi) is 4.46. The van der Waals surface area contributed by atoms with Gasteiger partial charge in [0.25, 0.3) is 0 Å². The van der Waals surface area contributed by atoms with Gasteiger partial charge in [-0.25, -0.2) is 0 Å². The summed E-state index contributed by atoms with van der Waals surface area (Å²) < 4.78 is 12.3. The van der Waals surface area contributed by atoms with Crippen molar-refractivity contribution in [2.45, 2.75) is 25.4 Å². The molecule has 3 rings (SSSR count). The first kappa shape index (κ1) is 14.4. The van der Waals surface area contributed by atoms with Crippen molar-refractivity contribution in [1.29, 1.82) is 0 Å². The predicted molar refractivity (Wildman–Crippen MR) is 87.1 cm³/mol. The van der Waals surface area contributed by atoms with Crippen LogP contribution in [0.1, 0.15) is 18.4 Å². The van der Waals surface area contributed by atoms with E-state index in [1.807, 2.05) is 36.4 Å². The summed E-state index contributed by atoms with van der Waals surface area (Å²) in [6.07, 6.45) is 2.60. The van der Waals surface area contributed by atoms with Gasteiger partial charge in [0.2, 0.25) is 0 Å². The molecule has 0 bridgehead atoms. The van der Waals surface area contributed by atoms with Gasteiger partial charge in [-0.3, -0.25) is 0 Å².